The number of amides is 1. The number of halogens is 1. The molecule has 1 N–H and O–H groups in total. The lowest BCUT2D eigenvalue weighted by molar-refractivity contribution is 0.0224. The molecule has 0 bridgehead atoms. The van der Waals surface area contributed by atoms with E-state index in [1.807, 2.05) is 37.6 Å². The fourth-order valence-corrected chi connectivity index (χ4v) is 5.11. The van der Waals surface area contributed by atoms with Gasteiger partial charge >= 0.3 is 6.09 Å². The predicted octanol–water partition coefficient (Wildman–Crippen LogP) is 6.58. The fraction of sp³-hybridized carbons (Fsp3) is 0.379. The van der Waals surface area contributed by atoms with Crippen molar-refractivity contribution in [1.82, 2.24) is 19.7 Å². The maximum Gasteiger partial charge on any atom is 0.410 e. The first-order chi connectivity index (χ1) is 17.2. The summed E-state index contributed by atoms with van der Waals surface area (Å²) in [6, 6.07) is 11.6. The summed E-state index contributed by atoms with van der Waals surface area (Å²) >= 11 is 0. The number of rotatable bonds is 4. The van der Waals surface area contributed by atoms with E-state index < -0.39 is 5.60 Å². The molecule has 2 aromatic carbocycles. The van der Waals surface area contributed by atoms with Gasteiger partial charge in [0.25, 0.3) is 0 Å². The van der Waals surface area contributed by atoms with Gasteiger partial charge in [0.05, 0.1) is 29.1 Å². The van der Waals surface area contributed by atoms with Crippen LogP contribution in [-0.4, -0.2) is 37.9 Å². The molecule has 7 heteroatoms. The number of aryl methyl sites for hydroxylation is 2. The highest BCUT2D eigenvalue weighted by molar-refractivity contribution is 5.96. The van der Waals surface area contributed by atoms with E-state index in [1.54, 1.807) is 11.1 Å². The van der Waals surface area contributed by atoms with Gasteiger partial charge in [-0.15, -0.1) is 0 Å². The summed E-state index contributed by atoms with van der Waals surface area (Å²) in [4.78, 5) is 17.8. The molecule has 36 heavy (non-hydrogen) atoms. The third kappa shape index (κ3) is 4.16. The number of aromatic amines is 1. The molecule has 6 nitrogen and oxygen atoms in total. The number of benzene rings is 2. The largest absolute Gasteiger partial charge is 0.444 e. The first kappa shape index (κ1) is 24.1. The Bertz CT molecular complexity index is 1420. The molecule has 2 aromatic heterocycles. The van der Waals surface area contributed by atoms with Gasteiger partial charge in [0, 0.05) is 35.7 Å². The van der Waals surface area contributed by atoms with E-state index in [4.69, 9.17) is 9.84 Å². The van der Waals surface area contributed by atoms with E-state index in [0.29, 0.717) is 25.0 Å². The van der Waals surface area contributed by atoms with E-state index in [-0.39, 0.29) is 11.9 Å². The SMILES string of the molecule is CCc1cccc(CC)c1-n1nc2c(c1-c1ccc(F)c3[nH]ccc13)CN(C(=O)OC(C)(C)C)CC2. The zero-order valence-corrected chi connectivity index (χ0v) is 21.6. The first-order valence-corrected chi connectivity index (χ1v) is 12.7. The normalized spacial score (nSPS) is 13.8. The Balaban J connectivity index is 1.75. The van der Waals surface area contributed by atoms with Crippen molar-refractivity contribution in [3.8, 4) is 16.9 Å². The summed E-state index contributed by atoms with van der Waals surface area (Å²) in [5.74, 6) is -0.294. The summed E-state index contributed by atoms with van der Waals surface area (Å²) < 4.78 is 22.4. The molecule has 3 heterocycles. The fourth-order valence-electron chi connectivity index (χ4n) is 5.11. The van der Waals surface area contributed by atoms with Crippen molar-refractivity contribution in [2.75, 3.05) is 6.54 Å². The van der Waals surface area contributed by atoms with Gasteiger partial charge in [-0.1, -0.05) is 32.0 Å². The van der Waals surface area contributed by atoms with Crippen LogP contribution >= 0.6 is 0 Å². The quantitative estimate of drug-likeness (QED) is 0.353. The van der Waals surface area contributed by atoms with Crippen LogP contribution < -0.4 is 0 Å². The van der Waals surface area contributed by atoms with Crippen LogP contribution in [0.2, 0.25) is 0 Å². The number of hydrogen-bond acceptors (Lipinski definition) is 3. The van der Waals surface area contributed by atoms with Crippen molar-refractivity contribution in [2.24, 2.45) is 0 Å². The number of aromatic nitrogens is 3. The standard InChI is InChI=1S/C29H33FN4O2/c1-6-18-9-8-10-19(7-2)26(18)34-27(21-11-12-23(30)25-20(21)13-15-31-25)22-17-33(16-14-24(22)32-34)28(35)36-29(3,4)5/h8-13,15,31H,6-7,14,16-17H2,1-5H3. The van der Waals surface area contributed by atoms with Crippen molar-refractivity contribution in [1.29, 1.82) is 0 Å². The smallest absolute Gasteiger partial charge is 0.410 e. The summed E-state index contributed by atoms with van der Waals surface area (Å²) in [6.07, 6.45) is 3.78. The molecule has 0 spiro atoms. The van der Waals surface area contributed by atoms with Gasteiger partial charge in [-0.3, -0.25) is 0 Å². The lowest BCUT2D eigenvalue weighted by Crippen LogP contribution is -2.39. The number of nitrogens with zero attached hydrogens (tertiary/aromatic N) is 3. The number of fused-ring (bicyclic) bond motifs is 2. The summed E-state index contributed by atoms with van der Waals surface area (Å²) in [5, 5.41) is 5.92. The van der Waals surface area contributed by atoms with Crippen LogP contribution in [0.25, 0.3) is 27.8 Å². The van der Waals surface area contributed by atoms with Crippen LogP contribution in [-0.2, 0) is 30.5 Å². The van der Waals surface area contributed by atoms with Gasteiger partial charge in [-0.25, -0.2) is 13.9 Å². The van der Waals surface area contributed by atoms with Crippen LogP contribution in [0.15, 0.2) is 42.6 Å². The van der Waals surface area contributed by atoms with Gasteiger partial charge in [0.1, 0.15) is 11.4 Å². The second kappa shape index (κ2) is 9.12. The maximum absolute atomic E-state index is 14.6. The molecular formula is C29H33FN4O2. The Labute approximate surface area is 211 Å². The first-order valence-electron chi connectivity index (χ1n) is 12.7. The van der Waals surface area contributed by atoms with Crippen LogP contribution in [0.4, 0.5) is 9.18 Å². The molecule has 0 aliphatic carbocycles. The Morgan fingerprint density at radius 1 is 1.11 bits per heavy atom. The average Bonchev–Trinajstić information content (AvgIpc) is 3.48. The summed E-state index contributed by atoms with van der Waals surface area (Å²) in [5.41, 5.74) is 7.10. The molecule has 188 valence electrons. The van der Waals surface area contributed by atoms with E-state index in [1.165, 1.54) is 17.2 Å². The van der Waals surface area contributed by atoms with Crippen LogP contribution in [0, 0.1) is 5.82 Å². The highest BCUT2D eigenvalue weighted by Gasteiger charge is 2.32. The molecule has 0 radical (unpaired) electrons. The Morgan fingerprint density at radius 2 is 1.83 bits per heavy atom. The van der Waals surface area contributed by atoms with Crippen molar-refractivity contribution >= 4 is 17.0 Å². The van der Waals surface area contributed by atoms with Gasteiger partial charge in [0.2, 0.25) is 0 Å². The zero-order valence-electron chi connectivity index (χ0n) is 21.6. The Hall–Kier alpha value is -3.61. The van der Waals surface area contributed by atoms with Gasteiger partial charge < -0.3 is 14.6 Å². The Kier molecular flexibility index (Phi) is 6.10. The highest BCUT2D eigenvalue weighted by Crippen LogP contribution is 2.39. The molecule has 0 saturated carbocycles. The number of hydrogen-bond donors (Lipinski definition) is 1. The van der Waals surface area contributed by atoms with Crippen molar-refractivity contribution in [3.05, 3.63) is 70.8 Å². The molecule has 0 unspecified atom stereocenters. The number of ether oxygens (including phenoxy) is 1. The third-order valence-corrected chi connectivity index (χ3v) is 6.79. The molecule has 0 fully saturated rings. The minimum absolute atomic E-state index is 0.294. The number of carbonyl (C=O) groups excluding carboxylic acids is 1. The molecule has 1 aliphatic heterocycles. The van der Waals surface area contributed by atoms with Crippen LogP contribution in [0.5, 0.6) is 0 Å². The second-order valence-corrected chi connectivity index (χ2v) is 10.3. The predicted molar refractivity (Wildman–Crippen MR) is 140 cm³/mol. The Morgan fingerprint density at radius 3 is 2.50 bits per heavy atom. The van der Waals surface area contributed by atoms with Crippen molar-refractivity contribution in [3.63, 3.8) is 0 Å². The molecule has 0 atom stereocenters. The van der Waals surface area contributed by atoms with Crippen LogP contribution in [0.3, 0.4) is 0 Å². The molecular weight excluding hydrogens is 455 g/mol. The van der Waals surface area contributed by atoms with Gasteiger partial charge in [0.15, 0.2) is 0 Å². The topological polar surface area (TPSA) is 63.2 Å². The van der Waals surface area contributed by atoms with Crippen LogP contribution in [0.1, 0.15) is 57.0 Å². The minimum Gasteiger partial charge on any atom is -0.444 e. The average molecular weight is 489 g/mol. The van der Waals surface area contributed by atoms with Gasteiger partial charge in [-0.2, -0.15) is 5.10 Å². The zero-order chi connectivity index (χ0) is 25.6. The lowest BCUT2D eigenvalue weighted by Gasteiger charge is -2.30. The number of para-hydroxylation sites is 1. The lowest BCUT2D eigenvalue weighted by atomic mass is 9.97. The van der Waals surface area contributed by atoms with E-state index in [0.717, 1.165) is 46.4 Å². The number of carbonyl (C=O) groups is 1. The minimum atomic E-state index is -0.575. The second-order valence-electron chi connectivity index (χ2n) is 10.3. The monoisotopic (exact) mass is 488 g/mol. The van der Waals surface area contributed by atoms with E-state index in [2.05, 4.69) is 37.0 Å². The van der Waals surface area contributed by atoms with Crippen molar-refractivity contribution in [2.45, 2.75) is 66.0 Å². The molecule has 0 saturated heterocycles. The van der Waals surface area contributed by atoms with E-state index in [9.17, 15) is 9.18 Å². The molecule has 5 rings (SSSR count). The molecule has 1 aliphatic rings. The third-order valence-electron chi connectivity index (χ3n) is 6.79. The molecule has 1 amide bonds. The van der Waals surface area contributed by atoms with Crippen molar-refractivity contribution < 1.29 is 13.9 Å². The number of nitrogens with one attached hydrogen (secondary N) is 1. The summed E-state index contributed by atoms with van der Waals surface area (Å²) in [7, 11) is 0. The van der Waals surface area contributed by atoms with E-state index >= 15 is 0 Å². The number of H-pyrrole nitrogens is 1. The maximum atomic E-state index is 14.6. The summed E-state index contributed by atoms with van der Waals surface area (Å²) in [6.45, 7) is 10.8. The molecule has 4 aromatic rings. The highest BCUT2D eigenvalue weighted by atomic mass is 19.1. The van der Waals surface area contributed by atoms with Gasteiger partial charge in [-0.05, 0) is 62.9 Å².